The van der Waals surface area contributed by atoms with Crippen LogP contribution in [-0.2, 0) is 20.9 Å². The Morgan fingerprint density at radius 3 is 2.15 bits per heavy atom. The van der Waals surface area contributed by atoms with E-state index in [4.69, 9.17) is 28.0 Å². The van der Waals surface area contributed by atoms with Gasteiger partial charge in [-0.3, -0.25) is 15.1 Å². The summed E-state index contributed by atoms with van der Waals surface area (Å²) in [4.78, 5) is 18.4. The standard InChI is InChI=1S/C23H19Cl2F5N2O2/c1-12(2)20(33)32-10-21(27,11-32)14-5-3-13(4-6-14)18-9-22(34-31-18,23(28,29)30)15-7-16(24)19(26)17(25)8-15/h3-9,12,31H,10-11H2,1-2H3. The van der Waals surface area contributed by atoms with Crippen LogP contribution in [0, 0.1) is 11.7 Å². The number of hydrogen-bond acceptors (Lipinski definition) is 3. The molecule has 4 nitrogen and oxygen atoms in total. The fourth-order valence-corrected chi connectivity index (χ4v) is 4.45. The van der Waals surface area contributed by atoms with Crippen molar-refractivity contribution in [3.8, 4) is 0 Å². The minimum atomic E-state index is -4.95. The Kier molecular flexibility index (Phi) is 6.11. The summed E-state index contributed by atoms with van der Waals surface area (Å²) in [6, 6.07) is 7.40. The second-order valence-electron chi connectivity index (χ2n) is 8.64. The molecule has 2 aliphatic rings. The fourth-order valence-electron chi connectivity index (χ4n) is 3.97. The van der Waals surface area contributed by atoms with E-state index in [1.807, 2.05) is 0 Å². The molecule has 2 aromatic carbocycles. The summed E-state index contributed by atoms with van der Waals surface area (Å²) < 4.78 is 71.3. The highest BCUT2D eigenvalue weighted by Crippen LogP contribution is 2.48. The molecule has 34 heavy (non-hydrogen) atoms. The fraction of sp³-hybridized carbons (Fsp3) is 0.348. The van der Waals surface area contributed by atoms with E-state index in [1.54, 1.807) is 13.8 Å². The molecule has 0 aliphatic carbocycles. The van der Waals surface area contributed by atoms with Gasteiger partial charge < -0.3 is 4.90 Å². The van der Waals surface area contributed by atoms with Crippen LogP contribution in [-0.4, -0.2) is 30.1 Å². The van der Waals surface area contributed by atoms with Crippen molar-refractivity contribution in [2.75, 3.05) is 13.1 Å². The minimum Gasteiger partial charge on any atom is -0.335 e. The number of alkyl halides is 4. The first-order valence-electron chi connectivity index (χ1n) is 10.2. The van der Waals surface area contributed by atoms with E-state index in [1.165, 1.54) is 29.2 Å². The summed E-state index contributed by atoms with van der Waals surface area (Å²) >= 11 is 11.4. The summed E-state index contributed by atoms with van der Waals surface area (Å²) in [5.41, 5.74) is -2.38. The molecule has 1 amide bonds. The number of carbonyl (C=O) groups excluding carboxylic acids is 1. The molecule has 2 heterocycles. The number of amides is 1. The van der Waals surface area contributed by atoms with Crippen LogP contribution in [0.1, 0.15) is 30.5 Å². The maximum Gasteiger partial charge on any atom is 0.428 e. The van der Waals surface area contributed by atoms with Gasteiger partial charge in [0.2, 0.25) is 11.5 Å². The number of hydrogen-bond donors (Lipinski definition) is 1. The average Bonchev–Trinajstić information content (AvgIpc) is 3.21. The third-order valence-electron chi connectivity index (χ3n) is 5.91. The van der Waals surface area contributed by atoms with E-state index in [2.05, 4.69) is 5.48 Å². The number of nitrogens with zero attached hydrogens (tertiary/aromatic N) is 1. The number of hydroxylamine groups is 1. The predicted molar refractivity (Wildman–Crippen MR) is 117 cm³/mol. The molecular formula is C23H19Cl2F5N2O2. The first kappa shape index (κ1) is 24.8. The Balaban J connectivity index is 1.62. The van der Waals surface area contributed by atoms with Crippen LogP contribution in [0.2, 0.25) is 10.0 Å². The molecule has 2 aliphatic heterocycles. The van der Waals surface area contributed by atoms with Crippen LogP contribution in [0.15, 0.2) is 42.5 Å². The third kappa shape index (κ3) is 4.03. The molecule has 182 valence electrons. The molecule has 11 heteroatoms. The van der Waals surface area contributed by atoms with Gasteiger partial charge in [0.15, 0.2) is 11.5 Å². The largest absolute Gasteiger partial charge is 0.428 e. The van der Waals surface area contributed by atoms with E-state index in [0.717, 1.165) is 18.2 Å². The van der Waals surface area contributed by atoms with E-state index in [9.17, 15) is 22.4 Å². The molecule has 0 saturated carbocycles. The quantitative estimate of drug-likeness (QED) is 0.389. The molecule has 0 aromatic heterocycles. The number of halogens is 7. The van der Waals surface area contributed by atoms with Gasteiger partial charge in [0.1, 0.15) is 0 Å². The smallest absolute Gasteiger partial charge is 0.335 e. The molecule has 1 unspecified atom stereocenters. The zero-order chi connectivity index (χ0) is 25.1. The van der Waals surface area contributed by atoms with Crippen molar-refractivity contribution < 1.29 is 31.6 Å². The zero-order valence-electron chi connectivity index (χ0n) is 17.9. The third-order valence-corrected chi connectivity index (χ3v) is 6.46. The summed E-state index contributed by atoms with van der Waals surface area (Å²) in [5, 5.41) is -1.17. The van der Waals surface area contributed by atoms with Gasteiger partial charge in [-0.1, -0.05) is 61.3 Å². The Morgan fingerprint density at radius 1 is 1.09 bits per heavy atom. The topological polar surface area (TPSA) is 41.6 Å². The van der Waals surface area contributed by atoms with Gasteiger partial charge in [0, 0.05) is 11.5 Å². The normalized spacial score (nSPS) is 21.8. The Bertz CT molecular complexity index is 1140. The molecule has 1 saturated heterocycles. The Morgan fingerprint density at radius 2 is 1.65 bits per heavy atom. The average molecular weight is 521 g/mol. The maximum absolute atomic E-state index is 15.2. The zero-order valence-corrected chi connectivity index (χ0v) is 19.5. The molecule has 0 bridgehead atoms. The van der Waals surface area contributed by atoms with Crippen LogP contribution < -0.4 is 5.48 Å². The summed E-state index contributed by atoms with van der Waals surface area (Å²) in [6.07, 6.45) is -4.16. The van der Waals surface area contributed by atoms with Gasteiger partial charge in [-0.15, -0.1) is 0 Å². The first-order valence-corrected chi connectivity index (χ1v) is 11.0. The number of benzene rings is 2. The molecule has 1 N–H and O–H groups in total. The summed E-state index contributed by atoms with van der Waals surface area (Å²) in [7, 11) is 0. The lowest BCUT2D eigenvalue weighted by molar-refractivity contribution is -0.269. The van der Waals surface area contributed by atoms with Crippen molar-refractivity contribution in [1.82, 2.24) is 10.4 Å². The number of rotatable bonds is 4. The lowest BCUT2D eigenvalue weighted by Crippen LogP contribution is -2.59. The van der Waals surface area contributed by atoms with Crippen LogP contribution in [0.25, 0.3) is 5.70 Å². The van der Waals surface area contributed by atoms with Gasteiger partial charge in [0.25, 0.3) is 0 Å². The number of nitrogens with one attached hydrogen (secondary N) is 1. The second-order valence-corrected chi connectivity index (χ2v) is 9.46. The monoisotopic (exact) mass is 520 g/mol. The molecule has 0 spiro atoms. The Labute approximate surface area is 202 Å². The molecular weight excluding hydrogens is 502 g/mol. The molecule has 1 fully saturated rings. The van der Waals surface area contributed by atoms with Gasteiger partial charge in [-0.25, -0.2) is 8.78 Å². The highest BCUT2D eigenvalue weighted by Gasteiger charge is 2.60. The molecule has 4 rings (SSSR count). The Hall–Kier alpha value is -2.36. The lowest BCUT2D eigenvalue weighted by Gasteiger charge is -2.45. The van der Waals surface area contributed by atoms with Crippen LogP contribution >= 0.6 is 23.2 Å². The predicted octanol–water partition coefficient (Wildman–Crippen LogP) is 6.13. The summed E-state index contributed by atoms with van der Waals surface area (Å²) in [5.74, 6) is -1.43. The summed E-state index contributed by atoms with van der Waals surface area (Å²) in [6.45, 7) is 3.29. The van der Waals surface area contributed by atoms with E-state index < -0.39 is 38.9 Å². The van der Waals surface area contributed by atoms with Crippen LogP contribution in [0.5, 0.6) is 0 Å². The number of carbonyl (C=O) groups is 1. The maximum atomic E-state index is 15.2. The van der Waals surface area contributed by atoms with Gasteiger partial charge >= 0.3 is 6.18 Å². The molecule has 2 aromatic rings. The van der Waals surface area contributed by atoms with E-state index in [-0.39, 0.29) is 30.6 Å². The molecule has 1 atom stereocenters. The van der Waals surface area contributed by atoms with Gasteiger partial charge in [-0.2, -0.15) is 13.2 Å². The SMILES string of the molecule is CC(C)C(=O)N1CC(F)(c2ccc(C3=CC(c4cc(Cl)c(F)c(Cl)c4)(C(F)(F)F)ON3)cc2)C1. The van der Waals surface area contributed by atoms with Crippen molar-refractivity contribution in [3.05, 3.63) is 75.0 Å². The minimum absolute atomic E-state index is 0.0291. The van der Waals surface area contributed by atoms with Crippen molar-refractivity contribution in [2.24, 2.45) is 5.92 Å². The van der Waals surface area contributed by atoms with Crippen molar-refractivity contribution in [2.45, 2.75) is 31.3 Å². The van der Waals surface area contributed by atoms with Crippen molar-refractivity contribution in [3.63, 3.8) is 0 Å². The lowest BCUT2D eigenvalue weighted by atomic mass is 9.86. The second kappa shape index (κ2) is 8.39. The van der Waals surface area contributed by atoms with Gasteiger partial charge in [0.05, 0.1) is 28.8 Å². The highest BCUT2D eigenvalue weighted by atomic mass is 35.5. The van der Waals surface area contributed by atoms with Crippen LogP contribution in [0.3, 0.4) is 0 Å². The number of likely N-dealkylation sites (tertiary alicyclic amines) is 1. The van der Waals surface area contributed by atoms with Crippen LogP contribution in [0.4, 0.5) is 22.0 Å². The van der Waals surface area contributed by atoms with Crippen molar-refractivity contribution >= 4 is 34.8 Å². The van der Waals surface area contributed by atoms with E-state index >= 15 is 4.39 Å². The van der Waals surface area contributed by atoms with Gasteiger partial charge in [-0.05, 0) is 29.3 Å². The van der Waals surface area contributed by atoms with E-state index in [0.29, 0.717) is 11.1 Å². The first-order chi connectivity index (χ1) is 15.8. The van der Waals surface area contributed by atoms with Crippen molar-refractivity contribution in [1.29, 1.82) is 0 Å². The highest BCUT2D eigenvalue weighted by molar-refractivity contribution is 6.35. The molecule has 0 radical (unpaired) electrons.